The van der Waals surface area contributed by atoms with Crippen molar-refractivity contribution in [1.82, 2.24) is 4.90 Å². The summed E-state index contributed by atoms with van der Waals surface area (Å²) < 4.78 is 6.36. The van der Waals surface area contributed by atoms with Crippen LogP contribution in [0.4, 0.5) is 10.5 Å². The van der Waals surface area contributed by atoms with Gasteiger partial charge in [0.15, 0.2) is 6.61 Å². The third-order valence-corrected chi connectivity index (χ3v) is 6.16. The van der Waals surface area contributed by atoms with Crippen LogP contribution >= 0.6 is 27.7 Å². The van der Waals surface area contributed by atoms with Gasteiger partial charge in [0.1, 0.15) is 5.75 Å². The molecular formula is C22H21BrN2O4S. The summed E-state index contributed by atoms with van der Waals surface area (Å²) in [7, 11) is 0. The average Bonchev–Trinajstić information content (AvgIpc) is 2.98. The smallest absolute Gasteiger partial charge is 0.293 e. The molecule has 0 bridgehead atoms. The first-order chi connectivity index (χ1) is 14.3. The van der Waals surface area contributed by atoms with Crippen molar-refractivity contribution >= 4 is 56.5 Å². The van der Waals surface area contributed by atoms with E-state index in [9.17, 15) is 14.4 Å². The molecule has 0 saturated carbocycles. The topological polar surface area (TPSA) is 75.7 Å². The Morgan fingerprint density at radius 2 is 1.83 bits per heavy atom. The average molecular weight is 489 g/mol. The molecule has 6 nitrogen and oxygen atoms in total. The van der Waals surface area contributed by atoms with Crippen molar-refractivity contribution in [1.29, 1.82) is 0 Å². The van der Waals surface area contributed by atoms with Crippen molar-refractivity contribution in [3.63, 3.8) is 0 Å². The van der Waals surface area contributed by atoms with Crippen LogP contribution in [0.3, 0.4) is 0 Å². The number of likely N-dealkylation sites (N-methyl/N-ethyl adjacent to an activating group) is 1. The summed E-state index contributed by atoms with van der Waals surface area (Å²) in [5.74, 6) is -0.0126. The van der Waals surface area contributed by atoms with E-state index in [0.29, 0.717) is 22.9 Å². The fourth-order valence-electron chi connectivity index (χ4n) is 2.80. The number of ether oxygens (including phenoxy) is 1. The molecule has 3 rings (SSSR count). The van der Waals surface area contributed by atoms with Gasteiger partial charge in [-0.05, 0) is 95.5 Å². The van der Waals surface area contributed by atoms with Crippen molar-refractivity contribution in [2.75, 3.05) is 18.5 Å². The number of benzene rings is 2. The van der Waals surface area contributed by atoms with E-state index < -0.39 is 0 Å². The number of rotatable bonds is 6. The Hall–Kier alpha value is -2.58. The predicted molar refractivity (Wildman–Crippen MR) is 123 cm³/mol. The number of imide groups is 1. The zero-order chi connectivity index (χ0) is 21.8. The van der Waals surface area contributed by atoms with Crippen LogP contribution in [0.2, 0.25) is 0 Å². The van der Waals surface area contributed by atoms with E-state index in [2.05, 4.69) is 21.2 Å². The van der Waals surface area contributed by atoms with Crippen LogP contribution in [0.1, 0.15) is 23.6 Å². The highest BCUT2D eigenvalue weighted by Crippen LogP contribution is 2.32. The lowest BCUT2D eigenvalue weighted by molar-refractivity contribution is -0.122. The van der Waals surface area contributed by atoms with Crippen LogP contribution in [-0.2, 0) is 9.59 Å². The molecule has 30 heavy (non-hydrogen) atoms. The molecule has 0 aliphatic carbocycles. The van der Waals surface area contributed by atoms with Gasteiger partial charge < -0.3 is 10.1 Å². The van der Waals surface area contributed by atoms with Gasteiger partial charge in [-0.25, -0.2) is 0 Å². The number of carbonyl (C=O) groups is 3. The van der Waals surface area contributed by atoms with E-state index in [1.807, 2.05) is 26.0 Å². The van der Waals surface area contributed by atoms with Crippen molar-refractivity contribution in [2.24, 2.45) is 0 Å². The number of carbonyl (C=O) groups excluding carboxylic acids is 3. The molecule has 8 heteroatoms. The number of amides is 3. The summed E-state index contributed by atoms with van der Waals surface area (Å²) >= 11 is 4.39. The Kier molecular flexibility index (Phi) is 6.99. The summed E-state index contributed by atoms with van der Waals surface area (Å²) in [6.45, 7) is 5.98. The predicted octanol–water partition coefficient (Wildman–Crippen LogP) is 5.14. The number of nitrogens with zero attached hydrogens (tertiary/aromatic N) is 1. The Morgan fingerprint density at radius 3 is 2.47 bits per heavy atom. The van der Waals surface area contributed by atoms with Gasteiger partial charge in [0.25, 0.3) is 17.1 Å². The van der Waals surface area contributed by atoms with E-state index >= 15 is 0 Å². The molecule has 0 radical (unpaired) electrons. The zero-order valence-corrected chi connectivity index (χ0v) is 19.2. The molecule has 1 aliphatic heterocycles. The Balaban J connectivity index is 1.58. The highest BCUT2D eigenvalue weighted by atomic mass is 79.9. The van der Waals surface area contributed by atoms with E-state index in [4.69, 9.17) is 4.74 Å². The van der Waals surface area contributed by atoms with Gasteiger partial charge in [0.2, 0.25) is 0 Å². The van der Waals surface area contributed by atoms with Crippen LogP contribution in [0.25, 0.3) is 6.08 Å². The first kappa shape index (κ1) is 22.1. The van der Waals surface area contributed by atoms with Gasteiger partial charge in [-0.3, -0.25) is 19.3 Å². The van der Waals surface area contributed by atoms with Gasteiger partial charge in [-0.1, -0.05) is 12.1 Å². The lowest BCUT2D eigenvalue weighted by atomic mass is 10.1. The summed E-state index contributed by atoms with van der Waals surface area (Å²) in [5, 5.41) is 2.58. The van der Waals surface area contributed by atoms with Crippen LogP contribution in [0.5, 0.6) is 5.75 Å². The molecular weight excluding hydrogens is 468 g/mol. The van der Waals surface area contributed by atoms with Gasteiger partial charge >= 0.3 is 0 Å². The normalized spacial score (nSPS) is 15.1. The van der Waals surface area contributed by atoms with Crippen LogP contribution < -0.4 is 10.1 Å². The van der Waals surface area contributed by atoms with Gasteiger partial charge in [-0.2, -0.15) is 0 Å². The number of thioether (sulfide) groups is 1. The fraction of sp³-hybridized carbons (Fsp3) is 0.227. The maximum absolute atomic E-state index is 12.2. The van der Waals surface area contributed by atoms with E-state index in [1.165, 1.54) is 4.90 Å². The quantitative estimate of drug-likeness (QED) is 0.569. The highest BCUT2D eigenvalue weighted by Gasteiger charge is 2.33. The maximum atomic E-state index is 12.2. The van der Waals surface area contributed by atoms with Gasteiger partial charge in [0, 0.05) is 11.0 Å². The molecule has 0 spiro atoms. The summed E-state index contributed by atoms with van der Waals surface area (Å²) in [6, 6.07) is 10.8. The van der Waals surface area contributed by atoms with Gasteiger partial charge in [-0.15, -0.1) is 0 Å². The van der Waals surface area contributed by atoms with E-state index in [1.54, 1.807) is 37.3 Å². The molecule has 1 aliphatic rings. The minimum atomic E-state index is -0.276. The SMILES string of the molecule is CCN1C(=O)S/C(=C/c2ccc(OCC(=O)Nc3cc(C)c(C)cc3Br)cc2)C1=O. The minimum Gasteiger partial charge on any atom is -0.484 e. The molecule has 0 atom stereocenters. The lowest BCUT2D eigenvalue weighted by Crippen LogP contribution is -2.27. The molecule has 0 unspecified atom stereocenters. The zero-order valence-electron chi connectivity index (χ0n) is 16.8. The van der Waals surface area contributed by atoms with E-state index in [-0.39, 0.29) is 23.7 Å². The van der Waals surface area contributed by atoms with Crippen LogP contribution in [-0.4, -0.2) is 35.1 Å². The largest absolute Gasteiger partial charge is 0.484 e. The monoisotopic (exact) mass is 488 g/mol. The van der Waals surface area contributed by atoms with Gasteiger partial charge in [0.05, 0.1) is 10.6 Å². The minimum absolute atomic E-state index is 0.131. The van der Waals surface area contributed by atoms with Crippen LogP contribution in [0, 0.1) is 13.8 Å². The maximum Gasteiger partial charge on any atom is 0.293 e. The Morgan fingerprint density at radius 1 is 1.17 bits per heavy atom. The number of anilines is 1. The van der Waals surface area contributed by atoms with Crippen molar-refractivity contribution < 1.29 is 19.1 Å². The Labute approximate surface area is 187 Å². The lowest BCUT2D eigenvalue weighted by Gasteiger charge is -2.11. The number of aryl methyl sites for hydroxylation is 2. The first-order valence-corrected chi connectivity index (χ1v) is 10.9. The summed E-state index contributed by atoms with van der Waals surface area (Å²) in [4.78, 5) is 37.7. The molecule has 2 aromatic carbocycles. The number of halogens is 1. The Bertz CT molecular complexity index is 1030. The first-order valence-electron chi connectivity index (χ1n) is 9.33. The molecule has 156 valence electrons. The second-order valence-electron chi connectivity index (χ2n) is 6.75. The molecule has 1 N–H and O–H groups in total. The van der Waals surface area contributed by atoms with Crippen LogP contribution in [0.15, 0.2) is 45.8 Å². The fourth-order valence-corrected chi connectivity index (χ4v) is 4.26. The van der Waals surface area contributed by atoms with Crippen molar-refractivity contribution in [3.05, 3.63) is 62.5 Å². The van der Waals surface area contributed by atoms with Crippen molar-refractivity contribution in [3.8, 4) is 5.75 Å². The van der Waals surface area contributed by atoms with E-state index in [0.717, 1.165) is 32.9 Å². The van der Waals surface area contributed by atoms with Crippen molar-refractivity contribution in [2.45, 2.75) is 20.8 Å². The second-order valence-corrected chi connectivity index (χ2v) is 8.60. The highest BCUT2D eigenvalue weighted by molar-refractivity contribution is 9.10. The third kappa shape index (κ3) is 5.12. The molecule has 1 heterocycles. The number of hydrogen-bond acceptors (Lipinski definition) is 5. The standard InChI is InChI=1S/C22H21BrN2O4S/c1-4-25-21(27)19(30-22(25)28)11-15-5-7-16(8-6-15)29-12-20(26)24-18-10-14(3)13(2)9-17(18)23/h5-11H,4,12H2,1-3H3,(H,24,26)/b19-11+. The molecule has 0 aromatic heterocycles. The molecule has 2 aromatic rings. The number of nitrogens with one attached hydrogen (secondary N) is 1. The summed E-state index contributed by atoms with van der Waals surface area (Å²) in [6.07, 6.45) is 1.67. The second kappa shape index (κ2) is 9.49. The summed E-state index contributed by atoms with van der Waals surface area (Å²) in [5.41, 5.74) is 3.69. The molecule has 3 amide bonds. The molecule has 1 saturated heterocycles. The third-order valence-electron chi connectivity index (χ3n) is 4.60. The number of hydrogen-bond donors (Lipinski definition) is 1. The molecule has 1 fully saturated rings.